The van der Waals surface area contributed by atoms with Gasteiger partial charge in [0, 0.05) is 5.56 Å². The molecule has 2 rings (SSSR count). The van der Waals surface area contributed by atoms with E-state index >= 15 is 0 Å². The van der Waals surface area contributed by atoms with Crippen LogP contribution in [-0.4, -0.2) is 11.7 Å². The second kappa shape index (κ2) is 4.23. The molecule has 15 heavy (non-hydrogen) atoms. The minimum Gasteiger partial charge on any atom is -0.493 e. The van der Waals surface area contributed by atoms with Crippen LogP contribution in [0.2, 0.25) is 0 Å². The summed E-state index contributed by atoms with van der Waals surface area (Å²) in [7, 11) is 0. The molecule has 0 radical (unpaired) electrons. The van der Waals surface area contributed by atoms with Gasteiger partial charge in [-0.25, -0.2) is 0 Å². The zero-order valence-electron chi connectivity index (χ0n) is 9.36. The molecule has 0 amide bonds. The molecule has 1 N–H and O–H groups in total. The van der Waals surface area contributed by atoms with Crippen LogP contribution in [-0.2, 0) is 0 Å². The summed E-state index contributed by atoms with van der Waals surface area (Å²) >= 11 is 0. The second-order valence-corrected chi connectivity index (χ2v) is 4.46. The first-order valence-corrected chi connectivity index (χ1v) is 5.63. The van der Waals surface area contributed by atoms with Gasteiger partial charge < -0.3 is 9.84 Å². The summed E-state index contributed by atoms with van der Waals surface area (Å²) < 4.78 is 5.59. The minimum atomic E-state index is -0.360. The molecule has 1 unspecified atom stereocenters. The first kappa shape index (κ1) is 10.5. The molecule has 2 heteroatoms. The van der Waals surface area contributed by atoms with Crippen molar-refractivity contribution in [1.29, 1.82) is 0 Å². The average molecular weight is 206 g/mol. The molecular formula is C13H18O2. The standard InChI is InChI=1S/C13H18O2/c1-9(2)10-5-6-13-11(8-10)12(14)4-3-7-15-13/h5-6,8-9,12,14H,3-4,7H2,1-2H3. The maximum atomic E-state index is 9.97. The van der Waals surface area contributed by atoms with Crippen molar-refractivity contribution in [1.82, 2.24) is 0 Å². The van der Waals surface area contributed by atoms with Crippen molar-refractivity contribution in [3.05, 3.63) is 29.3 Å². The van der Waals surface area contributed by atoms with Gasteiger partial charge in [0.05, 0.1) is 12.7 Å². The molecule has 2 nitrogen and oxygen atoms in total. The molecule has 1 aliphatic heterocycles. The van der Waals surface area contributed by atoms with Crippen LogP contribution in [0, 0.1) is 0 Å². The Morgan fingerprint density at radius 2 is 2.20 bits per heavy atom. The highest BCUT2D eigenvalue weighted by Crippen LogP contribution is 2.33. The van der Waals surface area contributed by atoms with Crippen molar-refractivity contribution in [2.75, 3.05) is 6.61 Å². The first-order valence-electron chi connectivity index (χ1n) is 5.63. The average Bonchev–Trinajstić information content (AvgIpc) is 2.40. The summed E-state index contributed by atoms with van der Waals surface area (Å²) in [6.45, 7) is 5.03. The molecule has 1 aliphatic rings. The number of aliphatic hydroxyl groups excluding tert-OH is 1. The monoisotopic (exact) mass is 206 g/mol. The van der Waals surface area contributed by atoms with Crippen LogP contribution in [0.1, 0.15) is 49.8 Å². The van der Waals surface area contributed by atoms with Crippen LogP contribution in [0.3, 0.4) is 0 Å². The Morgan fingerprint density at radius 1 is 1.40 bits per heavy atom. The van der Waals surface area contributed by atoms with E-state index in [9.17, 15) is 5.11 Å². The zero-order chi connectivity index (χ0) is 10.8. The van der Waals surface area contributed by atoms with E-state index in [1.165, 1.54) is 5.56 Å². The zero-order valence-corrected chi connectivity index (χ0v) is 9.36. The van der Waals surface area contributed by atoms with Crippen molar-refractivity contribution in [2.24, 2.45) is 0 Å². The van der Waals surface area contributed by atoms with Crippen molar-refractivity contribution >= 4 is 0 Å². The summed E-state index contributed by atoms with van der Waals surface area (Å²) in [5.41, 5.74) is 2.22. The number of aliphatic hydroxyl groups is 1. The predicted molar refractivity (Wildman–Crippen MR) is 60.2 cm³/mol. The molecule has 0 saturated carbocycles. The molecule has 1 heterocycles. The molecule has 1 atom stereocenters. The van der Waals surface area contributed by atoms with Crippen molar-refractivity contribution in [3.8, 4) is 5.75 Å². The largest absolute Gasteiger partial charge is 0.493 e. The third-order valence-corrected chi connectivity index (χ3v) is 2.94. The molecule has 82 valence electrons. The molecule has 0 saturated heterocycles. The van der Waals surface area contributed by atoms with Gasteiger partial charge in [0.15, 0.2) is 0 Å². The fourth-order valence-corrected chi connectivity index (χ4v) is 1.93. The second-order valence-electron chi connectivity index (χ2n) is 4.46. The smallest absolute Gasteiger partial charge is 0.125 e. The minimum absolute atomic E-state index is 0.360. The van der Waals surface area contributed by atoms with E-state index in [1.54, 1.807) is 0 Å². The Bertz CT molecular complexity index is 344. The topological polar surface area (TPSA) is 29.5 Å². The van der Waals surface area contributed by atoms with Gasteiger partial charge in [0.1, 0.15) is 5.75 Å². The van der Waals surface area contributed by atoms with Gasteiger partial charge in [-0.1, -0.05) is 19.9 Å². The highest BCUT2D eigenvalue weighted by molar-refractivity contribution is 5.40. The van der Waals surface area contributed by atoms with Crippen LogP contribution >= 0.6 is 0 Å². The number of fused-ring (bicyclic) bond motifs is 1. The van der Waals surface area contributed by atoms with E-state index in [-0.39, 0.29) is 6.10 Å². The van der Waals surface area contributed by atoms with Gasteiger partial charge in [-0.15, -0.1) is 0 Å². The van der Waals surface area contributed by atoms with Gasteiger partial charge in [-0.3, -0.25) is 0 Å². The maximum Gasteiger partial charge on any atom is 0.125 e. The Kier molecular flexibility index (Phi) is 2.96. The molecule has 0 bridgehead atoms. The summed E-state index contributed by atoms with van der Waals surface area (Å²) in [5, 5.41) is 9.97. The lowest BCUT2D eigenvalue weighted by Crippen LogP contribution is -1.99. The first-order chi connectivity index (χ1) is 7.18. The molecule has 0 aliphatic carbocycles. The quantitative estimate of drug-likeness (QED) is 0.765. The lowest BCUT2D eigenvalue weighted by atomic mass is 9.97. The van der Waals surface area contributed by atoms with Crippen LogP contribution < -0.4 is 4.74 Å². The third-order valence-electron chi connectivity index (χ3n) is 2.94. The van der Waals surface area contributed by atoms with Gasteiger partial charge in [-0.05, 0) is 36.5 Å². The summed E-state index contributed by atoms with van der Waals surface area (Å²) in [6.07, 6.45) is 1.36. The number of rotatable bonds is 1. The molecular weight excluding hydrogens is 188 g/mol. The van der Waals surface area contributed by atoms with E-state index in [1.807, 2.05) is 6.07 Å². The lowest BCUT2D eigenvalue weighted by Gasteiger charge is -2.14. The van der Waals surface area contributed by atoms with E-state index in [4.69, 9.17) is 4.74 Å². The van der Waals surface area contributed by atoms with E-state index in [2.05, 4.69) is 26.0 Å². The molecule has 1 aromatic rings. The van der Waals surface area contributed by atoms with Crippen LogP contribution in [0.4, 0.5) is 0 Å². The number of ether oxygens (including phenoxy) is 1. The molecule has 0 fully saturated rings. The van der Waals surface area contributed by atoms with Crippen molar-refractivity contribution in [2.45, 2.75) is 38.7 Å². The van der Waals surface area contributed by atoms with Gasteiger partial charge in [0.2, 0.25) is 0 Å². The highest BCUT2D eigenvalue weighted by atomic mass is 16.5. The van der Waals surface area contributed by atoms with E-state index in [0.29, 0.717) is 12.5 Å². The third kappa shape index (κ3) is 2.15. The number of hydrogen-bond acceptors (Lipinski definition) is 2. The van der Waals surface area contributed by atoms with Crippen LogP contribution in [0.25, 0.3) is 0 Å². The van der Waals surface area contributed by atoms with Crippen LogP contribution in [0.5, 0.6) is 5.75 Å². The molecule has 0 spiro atoms. The SMILES string of the molecule is CC(C)c1ccc2c(c1)C(O)CCCO2. The highest BCUT2D eigenvalue weighted by Gasteiger charge is 2.18. The summed E-state index contributed by atoms with van der Waals surface area (Å²) in [4.78, 5) is 0. The summed E-state index contributed by atoms with van der Waals surface area (Å²) in [6, 6.07) is 6.15. The number of hydrogen-bond donors (Lipinski definition) is 1. The maximum absolute atomic E-state index is 9.97. The van der Waals surface area contributed by atoms with E-state index < -0.39 is 0 Å². The van der Waals surface area contributed by atoms with Crippen LogP contribution in [0.15, 0.2) is 18.2 Å². The van der Waals surface area contributed by atoms with Gasteiger partial charge >= 0.3 is 0 Å². The van der Waals surface area contributed by atoms with Gasteiger partial charge in [-0.2, -0.15) is 0 Å². The van der Waals surface area contributed by atoms with Crippen molar-refractivity contribution < 1.29 is 9.84 Å². The summed E-state index contributed by atoms with van der Waals surface area (Å²) in [5.74, 6) is 1.34. The predicted octanol–water partition coefficient (Wildman–Crippen LogP) is 3.02. The Hall–Kier alpha value is -1.02. The normalized spacial score (nSPS) is 20.7. The fraction of sp³-hybridized carbons (Fsp3) is 0.538. The Balaban J connectivity index is 2.39. The molecule has 0 aromatic heterocycles. The van der Waals surface area contributed by atoms with Gasteiger partial charge in [0.25, 0.3) is 0 Å². The number of benzene rings is 1. The van der Waals surface area contributed by atoms with E-state index in [0.717, 1.165) is 24.2 Å². The fourth-order valence-electron chi connectivity index (χ4n) is 1.93. The Morgan fingerprint density at radius 3 is 2.93 bits per heavy atom. The van der Waals surface area contributed by atoms with Crippen molar-refractivity contribution in [3.63, 3.8) is 0 Å². The molecule has 1 aromatic carbocycles. The Labute approximate surface area is 90.9 Å². The lowest BCUT2D eigenvalue weighted by molar-refractivity contribution is 0.167.